The third-order valence-corrected chi connectivity index (χ3v) is 2.77. The van der Waals surface area contributed by atoms with Crippen LogP contribution in [0.1, 0.15) is 26.6 Å². The molecule has 5 heteroatoms. The van der Waals surface area contributed by atoms with Crippen molar-refractivity contribution in [3.63, 3.8) is 0 Å². The van der Waals surface area contributed by atoms with E-state index in [1.54, 1.807) is 10.9 Å². The molecule has 0 atom stereocenters. The van der Waals surface area contributed by atoms with E-state index < -0.39 is 0 Å². The molecule has 2 aromatic rings. The predicted octanol–water partition coefficient (Wildman–Crippen LogP) is 2.94. The molecule has 0 fully saturated rings. The maximum Gasteiger partial charge on any atom is 0.135 e. The average molecular weight is 295 g/mol. The van der Waals surface area contributed by atoms with Crippen LogP contribution < -0.4 is 0 Å². The molecular formula is C12H15BrN4. The molecule has 0 amide bonds. The van der Waals surface area contributed by atoms with E-state index in [0.29, 0.717) is 0 Å². The summed E-state index contributed by atoms with van der Waals surface area (Å²) in [6.45, 7) is 6.30. The first-order valence-electron chi connectivity index (χ1n) is 5.40. The summed E-state index contributed by atoms with van der Waals surface area (Å²) < 4.78 is 2.57. The van der Waals surface area contributed by atoms with Crippen molar-refractivity contribution < 1.29 is 0 Å². The van der Waals surface area contributed by atoms with Crippen molar-refractivity contribution in [1.29, 1.82) is 0 Å². The van der Waals surface area contributed by atoms with Crippen molar-refractivity contribution in [1.82, 2.24) is 19.7 Å². The molecule has 90 valence electrons. The molecule has 0 aliphatic rings. The standard InChI is InChI=1S/C12H15BrN4/c1-12(2,3)11-15-9(5-10(13)16-11)8-6-14-17(4)7-8/h5-7H,1-4H3. The van der Waals surface area contributed by atoms with Crippen molar-refractivity contribution in [3.8, 4) is 11.3 Å². The van der Waals surface area contributed by atoms with E-state index in [9.17, 15) is 0 Å². The fraction of sp³-hybridized carbons (Fsp3) is 0.417. The molecule has 0 aliphatic carbocycles. The fourth-order valence-corrected chi connectivity index (χ4v) is 1.84. The predicted molar refractivity (Wildman–Crippen MR) is 70.6 cm³/mol. The van der Waals surface area contributed by atoms with Gasteiger partial charge in [0.2, 0.25) is 0 Å². The van der Waals surface area contributed by atoms with Gasteiger partial charge in [-0.2, -0.15) is 5.10 Å². The molecule has 0 spiro atoms. The minimum atomic E-state index is -0.0687. The van der Waals surface area contributed by atoms with Crippen LogP contribution in [0.4, 0.5) is 0 Å². The smallest absolute Gasteiger partial charge is 0.135 e. The first-order chi connectivity index (χ1) is 7.86. The highest BCUT2D eigenvalue weighted by atomic mass is 79.9. The molecule has 2 heterocycles. The Hall–Kier alpha value is -1.23. The number of aryl methyl sites for hydroxylation is 1. The summed E-state index contributed by atoms with van der Waals surface area (Å²) in [4.78, 5) is 9.01. The van der Waals surface area contributed by atoms with E-state index in [-0.39, 0.29) is 5.41 Å². The Balaban J connectivity index is 2.52. The normalized spacial score (nSPS) is 11.8. The zero-order valence-electron chi connectivity index (χ0n) is 10.4. The molecule has 2 rings (SSSR count). The van der Waals surface area contributed by atoms with Crippen molar-refractivity contribution in [2.24, 2.45) is 7.05 Å². The number of halogens is 1. The Morgan fingerprint density at radius 1 is 1.24 bits per heavy atom. The summed E-state index contributed by atoms with van der Waals surface area (Å²) in [5.41, 5.74) is 1.83. The summed E-state index contributed by atoms with van der Waals surface area (Å²) in [5.74, 6) is 0.825. The molecule has 0 N–H and O–H groups in total. The summed E-state index contributed by atoms with van der Waals surface area (Å²) in [5, 5.41) is 4.16. The van der Waals surface area contributed by atoms with Crippen LogP contribution in [0, 0.1) is 0 Å². The van der Waals surface area contributed by atoms with Crippen LogP contribution in [0.25, 0.3) is 11.3 Å². The number of aromatic nitrogens is 4. The van der Waals surface area contributed by atoms with Crippen LogP contribution in [-0.4, -0.2) is 19.7 Å². The lowest BCUT2D eigenvalue weighted by molar-refractivity contribution is 0.544. The monoisotopic (exact) mass is 294 g/mol. The third kappa shape index (κ3) is 2.72. The SMILES string of the molecule is Cn1cc(-c2cc(Br)nc(C(C)(C)C)n2)cn1. The Labute approximate surface area is 109 Å². The highest BCUT2D eigenvalue weighted by molar-refractivity contribution is 9.10. The van der Waals surface area contributed by atoms with Crippen molar-refractivity contribution in [2.75, 3.05) is 0 Å². The van der Waals surface area contributed by atoms with E-state index in [1.165, 1.54) is 0 Å². The molecule has 0 bridgehead atoms. The zero-order chi connectivity index (χ0) is 12.6. The van der Waals surface area contributed by atoms with Crippen LogP contribution >= 0.6 is 15.9 Å². The van der Waals surface area contributed by atoms with Crippen LogP contribution in [0.3, 0.4) is 0 Å². The van der Waals surface area contributed by atoms with E-state index in [4.69, 9.17) is 0 Å². The maximum absolute atomic E-state index is 4.59. The van der Waals surface area contributed by atoms with Crippen LogP contribution in [-0.2, 0) is 12.5 Å². The van der Waals surface area contributed by atoms with Gasteiger partial charge in [-0.25, -0.2) is 9.97 Å². The second-order valence-electron chi connectivity index (χ2n) is 5.05. The van der Waals surface area contributed by atoms with Gasteiger partial charge >= 0.3 is 0 Å². The van der Waals surface area contributed by atoms with Gasteiger partial charge < -0.3 is 0 Å². The topological polar surface area (TPSA) is 43.6 Å². The molecular weight excluding hydrogens is 280 g/mol. The Morgan fingerprint density at radius 3 is 2.47 bits per heavy atom. The molecule has 0 aromatic carbocycles. The van der Waals surface area contributed by atoms with E-state index in [1.807, 2.05) is 19.3 Å². The molecule has 0 saturated carbocycles. The molecule has 0 unspecified atom stereocenters. The number of nitrogens with zero attached hydrogens (tertiary/aromatic N) is 4. The minimum absolute atomic E-state index is 0.0687. The van der Waals surface area contributed by atoms with Crippen molar-refractivity contribution in [3.05, 3.63) is 28.9 Å². The lowest BCUT2D eigenvalue weighted by Gasteiger charge is -2.17. The Kier molecular flexibility index (Phi) is 3.03. The largest absolute Gasteiger partial charge is 0.275 e. The summed E-state index contributed by atoms with van der Waals surface area (Å²) in [7, 11) is 1.89. The average Bonchev–Trinajstić information content (AvgIpc) is 2.62. The van der Waals surface area contributed by atoms with Gasteiger partial charge in [-0.05, 0) is 22.0 Å². The first kappa shape index (κ1) is 12.2. The lowest BCUT2D eigenvalue weighted by Crippen LogP contribution is -2.16. The van der Waals surface area contributed by atoms with Gasteiger partial charge in [0.1, 0.15) is 10.4 Å². The molecule has 0 saturated heterocycles. The second-order valence-corrected chi connectivity index (χ2v) is 5.86. The Morgan fingerprint density at radius 2 is 1.94 bits per heavy atom. The van der Waals surface area contributed by atoms with E-state index in [0.717, 1.165) is 21.7 Å². The summed E-state index contributed by atoms with van der Waals surface area (Å²) >= 11 is 3.43. The fourth-order valence-electron chi connectivity index (χ4n) is 1.45. The Bertz CT molecular complexity index is 540. The number of rotatable bonds is 1. The maximum atomic E-state index is 4.59. The van der Waals surface area contributed by atoms with Crippen molar-refractivity contribution >= 4 is 15.9 Å². The van der Waals surface area contributed by atoms with Gasteiger partial charge in [0.25, 0.3) is 0 Å². The molecule has 2 aromatic heterocycles. The first-order valence-corrected chi connectivity index (χ1v) is 6.19. The van der Waals surface area contributed by atoms with Crippen LogP contribution in [0.2, 0.25) is 0 Å². The van der Waals surface area contributed by atoms with Crippen LogP contribution in [0.15, 0.2) is 23.1 Å². The number of hydrogen-bond acceptors (Lipinski definition) is 3. The van der Waals surface area contributed by atoms with Gasteiger partial charge in [0.15, 0.2) is 0 Å². The third-order valence-electron chi connectivity index (χ3n) is 2.37. The van der Waals surface area contributed by atoms with Gasteiger partial charge in [0, 0.05) is 24.2 Å². The highest BCUT2D eigenvalue weighted by Gasteiger charge is 2.19. The van der Waals surface area contributed by atoms with Crippen LogP contribution in [0.5, 0.6) is 0 Å². The van der Waals surface area contributed by atoms with Gasteiger partial charge in [-0.15, -0.1) is 0 Å². The molecule has 0 aliphatic heterocycles. The second kappa shape index (κ2) is 4.22. The van der Waals surface area contributed by atoms with Gasteiger partial charge in [-0.3, -0.25) is 4.68 Å². The van der Waals surface area contributed by atoms with Crippen molar-refractivity contribution in [2.45, 2.75) is 26.2 Å². The lowest BCUT2D eigenvalue weighted by atomic mass is 9.95. The summed E-state index contributed by atoms with van der Waals surface area (Å²) in [6.07, 6.45) is 3.75. The summed E-state index contributed by atoms with van der Waals surface area (Å²) in [6, 6.07) is 1.91. The van der Waals surface area contributed by atoms with Gasteiger partial charge in [-0.1, -0.05) is 20.8 Å². The quantitative estimate of drug-likeness (QED) is 0.760. The highest BCUT2D eigenvalue weighted by Crippen LogP contribution is 2.25. The van der Waals surface area contributed by atoms with E-state index in [2.05, 4.69) is 51.8 Å². The minimum Gasteiger partial charge on any atom is -0.275 e. The van der Waals surface area contributed by atoms with E-state index >= 15 is 0 Å². The van der Waals surface area contributed by atoms with Gasteiger partial charge in [0.05, 0.1) is 11.9 Å². The molecule has 4 nitrogen and oxygen atoms in total. The molecule has 0 radical (unpaired) electrons. The number of hydrogen-bond donors (Lipinski definition) is 0. The molecule has 17 heavy (non-hydrogen) atoms. The zero-order valence-corrected chi connectivity index (χ0v) is 12.0.